The molecule has 1 aliphatic heterocycles. The zero-order valence-electron chi connectivity index (χ0n) is 21.1. The molecule has 1 saturated heterocycles. The molecule has 1 fully saturated rings. The molecule has 0 amide bonds. The van der Waals surface area contributed by atoms with Crippen molar-refractivity contribution in [3.05, 3.63) is 59.8 Å². The second kappa shape index (κ2) is 10.4. The largest absolute Gasteiger partial charge is 0.466 e. The van der Waals surface area contributed by atoms with Crippen molar-refractivity contribution < 1.29 is 28.9 Å². The number of hydrogen-bond acceptors (Lipinski definition) is 6. The van der Waals surface area contributed by atoms with E-state index in [9.17, 15) is 14.7 Å². The first kappa shape index (κ1) is 26.2. The fourth-order valence-electron chi connectivity index (χ4n) is 5.78. The molecule has 0 radical (unpaired) electrons. The van der Waals surface area contributed by atoms with Crippen molar-refractivity contribution in [3.63, 3.8) is 0 Å². The van der Waals surface area contributed by atoms with E-state index in [-0.39, 0.29) is 29.8 Å². The zero-order valence-corrected chi connectivity index (χ0v) is 21.1. The smallest absolute Gasteiger partial charge is 0.333 e. The van der Waals surface area contributed by atoms with E-state index in [1.807, 2.05) is 38.2 Å². The van der Waals surface area contributed by atoms with Gasteiger partial charge in [0, 0.05) is 17.6 Å². The summed E-state index contributed by atoms with van der Waals surface area (Å²) in [4.78, 5) is 23.4. The SMILES string of the molecule is CC[C@@H](C)[C@H]1O[C@]1(C)[C@]1(O)C(C)=C[C@@H]2CC(C(=O)OC)=CC[C@H]2[C@@H]1/C=C/C=C/C=C/C(=O)OC. The Bertz CT molecular complexity index is 941. The maximum atomic E-state index is 12.3. The summed E-state index contributed by atoms with van der Waals surface area (Å²) in [7, 11) is 2.74. The Morgan fingerprint density at radius 3 is 2.59 bits per heavy atom. The van der Waals surface area contributed by atoms with Crippen LogP contribution in [0.2, 0.25) is 0 Å². The van der Waals surface area contributed by atoms with E-state index < -0.39 is 17.2 Å². The Morgan fingerprint density at radius 2 is 1.94 bits per heavy atom. The van der Waals surface area contributed by atoms with Crippen LogP contribution in [0.1, 0.15) is 47.0 Å². The number of fused-ring (bicyclic) bond motifs is 1. The van der Waals surface area contributed by atoms with E-state index in [0.717, 1.165) is 12.0 Å². The predicted octanol–water partition coefficient (Wildman–Crippen LogP) is 4.46. The Balaban J connectivity index is 1.94. The molecule has 1 N–H and O–H groups in total. The third-order valence-corrected chi connectivity index (χ3v) is 7.96. The lowest BCUT2D eigenvalue weighted by atomic mass is 9.56. The van der Waals surface area contributed by atoms with Crippen molar-refractivity contribution >= 4 is 11.9 Å². The van der Waals surface area contributed by atoms with Crippen molar-refractivity contribution in [2.75, 3.05) is 14.2 Å². The molecular weight excluding hydrogens is 432 g/mol. The summed E-state index contributed by atoms with van der Waals surface area (Å²) in [6, 6.07) is 0. The summed E-state index contributed by atoms with van der Waals surface area (Å²) >= 11 is 0. The van der Waals surface area contributed by atoms with Gasteiger partial charge in [0.05, 0.1) is 20.3 Å². The quantitative estimate of drug-likeness (QED) is 0.185. The number of methoxy groups -OCH3 is 2. The maximum absolute atomic E-state index is 12.3. The van der Waals surface area contributed by atoms with E-state index >= 15 is 0 Å². The summed E-state index contributed by atoms with van der Waals surface area (Å²) in [5, 5.41) is 12.3. The summed E-state index contributed by atoms with van der Waals surface area (Å²) in [5.41, 5.74) is -0.257. The van der Waals surface area contributed by atoms with Gasteiger partial charge in [0.15, 0.2) is 0 Å². The Labute approximate surface area is 203 Å². The molecule has 1 heterocycles. The van der Waals surface area contributed by atoms with Gasteiger partial charge in [0.1, 0.15) is 11.2 Å². The minimum atomic E-state index is -1.16. The number of ether oxygens (including phenoxy) is 3. The van der Waals surface area contributed by atoms with Gasteiger partial charge in [-0.25, -0.2) is 9.59 Å². The van der Waals surface area contributed by atoms with Crippen LogP contribution in [0.4, 0.5) is 0 Å². The number of allylic oxidation sites excluding steroid dienone is 6. The molecule has 3 aliphatic rings. The number of aliphatic hydroxyl groups is 1. The lowest BCUT2D eigenvalue weighted by Crippen LogP contribution is -2.57. The van der Waals surface area contributed by atoms with Crippen molar-refractivity contribution in [1.29, 1.82) is 0 Å². The van der Waals surface area contributed by atoms with Crippen LogP contribution in [0, 0.1) is 23.7 Å². The number of carbonyl (C=O) groups is 2. The molecule has 186 valence electrons. The number of esters is 2. The van der Waals surface area contributed by atoms with Crippen LogP contribution in [-0.2, 0) is 23.8 Å². The van der Waals surface area contributed by atoms with Gasteiger partial charge in [-0.3, -0.25) is 0 Å². The molecule has 3 rings (SSSR count). The summed E-state index contributed by atoms with van der Waals surface area (Å²) < 4.78 is 15.8. The van der Waals surface area contributed by atoms with Gasteiger partial charge in [-0.1, -0.05) is 62.8 Å². The molecule has 2 aliphatic carbocycles. The molecular formula is C28H38O6. The fraction of sp³-hybridized carbons (Fsp3) is 0.571. The third-order valence-electron chi connectivity index (χ3n) is 7.96. The minimum Gasteiger partial charge on any atom is -0.466 e. The minimum absolute atomic E-state index is 0.0124. The summed E-state index contributed by atoms with van der Waals surface area (Å²) in [6.07, 6.45) is 16.9. The highest BCUT2D eigenvalue weighted by Crippen LogP contribution is 2.60. The fourth-order valence-corrected chi connectivity index (χ4v) is 5.78. The normalized spacial score (nSPS) is 36.2. The Morgan fingerprint density at radius 1 is 1.24 bits per heavy atom. The van der Waals surface area contributed by atoms with Crippen molar-refractivity contribution in [2.24, 2.45) is 23.7 Å². The first-order valence-electron chi connectivity index (χ1n) is 12.1. The van der Waals surface area contributed by atoms with Gasteiger partial charge < -0.3 is 19.3 Å². The monoisotopic (exact) mass is 470 g/mol. The van der Waals surface area contributed by atoms with Crippen LogP contribution in [0.5, 0.6) is 0 Å². The molecule has 34 heavy (non-hydrogen) atoms. The van der Waals surface area contributed by atoms with E-state index in [2.05, 4.69) is 24.7 Å². The van der Waals surface area contributed by atoms with Crippen LogP contribution in [0.25, 0.3) is 0 Å². The molecule has 7 atom stereocenters. The summed E-state index contributed by atoms with van der Waals surface area (Å²) in [6.45, 7) is 8.30. The highest BCUT2D eigenvalue weighted by atomic mass is 16.6. The molecule has 0 unspecified atom stereocenters. The topological polar surface area (TPSA) is 85.4 Å². The molecule has 6 nitrogen and oxygen atoms in total. The van der Waals surface area contributed by atoms with E-state index in [1.165, 1.54) is 20.3 Å². The second-order valence-electron chi connectivity index (χ2n) is 9.81. The zero-order chi connectivity index (χ0) is 25.1. The van der Waals surface area contributed by atoms with Crippen molar-refractivity contribution in [1.82, 2.24) is 0 Å². The number of rotatable bonds is 8. The van der Waals surface area contributed by atoms with Crippen LogP contribution in [-0.4, -0.2) is 48.6 Å². The first-order valence-corrected chi connectivity index (χ1v) is 12.1. The second-order valence-corrected chi connectivity index (χ2v) is 9.81. The first-order chi connectivity index (χ1) is 16.1. The maximum Gasteiger partial charge on any atom is 0.333 e. The van der Waals surface area contributed by atoms with Crippen LogP contribution >= 0.6 is 0 Å². The highest BCUT2D eigenvalue weighted by molar-refractivity contribution is 5.88. The average molecular weight is 471 g/mol. The van der Waals surface area contributed by atoms with Crippen LogP contribution in [0.15, 0.2) is 59.8 Å². The molecule has 0 aromatic carbocycles. The van der Waals surface area contributed by atoms with Gasteiger partial charge in [0.2, 0.25) is 0 Å². The average Bonchev–Trinajstić information content (AvgIpc) is 3.54. The highest BCUT2D eigenvalue weighted by Gasteiger charge is 2.70. The van der Waals surface area contributed by atoms with Crippen molar-refractivity contribution in [3.8, 4) is 0 Å². The van der Waals surface area contributed by atoms with Crippen molar-refractivity contribution in [2.45, 2.75) is 64.3 Å². The van der Waals surface area contributed by atoms with E-state index in [1.54, 1.807) is 12.2 Å². The molecule has 0 saturated carbocycles. The van der Waals surface area contributed by atoms with Crippen LogP contribution in [0.3, 0.4) is 0 Å². The Kier molecular flexibility index (Phi) is 8.04. The van der Waals surface area contributed by atoms with E-state index in [4.69, 9.17) is 9.47 Å². The molecule has 0 aromatic rings. The number of hydrogen-bond donors (Lipinski definition) is 1. The van der Waals surface area contributed by atoms with Gasteiger partial charge in [-0.2, -0.15) is 0 Å². The molecule has 0 aromatic heterocycles. The number of epoxide rings is 1. The summed E-state index contributed by atoms with van der Waals surface area (Å²) in [5.74, 6) is -0.315. The van der Waals surface area contributed by atoms with Gasteiger partial charge in [-0.15, -0.1) is 0 Å². The lowest BCUT2D eigenvalue weighted by Gasteiger charge is -2.50. The standard InChI is InChI=1S/C28H38O6/c1-7-18(2)25-27(4,34-25)28(31)19(3)16-21-17-20(26(30)33-6)14-15-22(21)23(28)12-10-8-9-11-13-24(29)32-5/h8-14,16,18,21-23,25,31H,7,15,17H2,1-6H3/b9-8+,12-10+,13-11+/t18-,21-,22-,23+,25-,27+,28+/m1/s1. The molecule has 0 bridgehead atoms. The van der Waals surface area contributed by atoms with Gasteiger partial charge >= 0.3 is 11.9 Å². The number of carbonyl (C=O) groups excluding carboxylic acids is 2. The third kappa shape index (κ3) is 4.71. The van der Waals surface area contributed by atoms with Gasteiger partial charge in [-0.05, 0) is 50.0 Å². The van der Waals surface area contributed by atoms with Gasteiger partial charge in [0.25, 0.3) is 0 Å². The van der Waals surface area contributed by atoms with Crippen LogP contribution < -0.4 is 0 Å². The Hall–Kier alpha value is -2.44. The molecule has 0 spiro atoms. The molecule has 6 heteroatoms. The van der Waals surface area contributed by atoms with E-state index in [0.29, 0.717) is 24.3 Å². The predicted molar refractivity (Wildman–Crippen MR) is 131 cm³/mol. The lowest BCUT2D eigenvalue weighted by molar-refractivity contribution is -0.137.